The summed E-state index contributed by atoms with van der Waals surface area (Å²) in [6.07, 6.45) is 4.61. The highest BCUT2D eigenvalue weighted by Gasteiger charge is 2.29. The fourth-order valence-corrected chi connectivity index (χ4v) is 4.86. The SMILES string of the molecule is COc1ccc(N2CCCS2(=O)=O)cc1NC(=O)C1CCCC1. The molecule has 1 amide bonds. The number of sulfonamides is 1. The average molecular weight is 338 g/mol. The van der Waals surface area contributed by atoms with E-state index in [1.165, 1.54) is 11.4 Å². The van der Waals surface area contributed by atoms with E-state index in [9.17, 15) is 13.2 Å². The van der Waals surface area contributed by atoms with Gasteiger partial charge in [-0.3, -0.25) is 9.10 Å². The second-order valence-corrected chi connectivity index (χ2v) is 8.11. The van der Waals surface area contributed by atoms with Crippen LogP contribution in [0.1, 0.15) is 32.1 Å². The van der Waals surface area contributed by atoms with E-state index < -0.39 is 10.0 Å². The number of carbonyl (C=O) groups is 1. The van der Waals surface area contributed by atoms with Gasteiger partial charge >= 0.3 is 0 Å². The van der Waals surface area contributed by atoms with Gasteiger partial charge in [0.05, 0.1) is 24.2 Å². The zero-order valence-electron chi connectivity index (χ0n) is 13.2. The van der Waals surface area contributed by atoms with Gasteiger partial charge in [-0.15, -0.1) is 0 Å². The van der Waals surface area contributed by atoms with Crippen molar-refractivity contribution in [2.75, 3.05) is 29.0 Å². The summed E-state index contributed by atoms with van der Waals surface area (Å²) < 4.78 is 30.8. The molecule has 2 aliphatic rings. The van der Waals surface area contributed by atoms with Gasteiger partial charge in [0.15, 0.2) is 0 Å². The number of benzene rings is 1. The predicted octanol–water partition coefficient (Wildman–Crippen LogP) is 2.36. The second-order valence-electron chi connectivity index (χ2n) is 6.10. The fourth-order valence-electron chi connectivity index (χ4n) is 3.30. The first-order valence-corrected chi connectivity index (χ1v) is 9.61. The van der Waals surface area contributed by atoms with Gasteiger partial charge in [-0.2, -0.15) is 0 Å². The topological polar surface area (TPSA) is 75.7 Å². The van der Waals surface area contributed by atoms with Crippen molar-refractivity contribution in [1.29, 1.82) is 0 Å². The van der Waals surface area contributed by atoms with Crippen LogP contribution in [0, 0.1) is 5.92 Å². The Kier molecular flexibility index (Phi) is 4.48. The lowest BCUT2D eigenvalue weighted by Crippen LogP contribution is -2.25. The molecule has 0 unspecified atom stereocenters. The van der Waals surface area contributed by atoms with Crippen LogP contribution in [0.15, 0.2) is 18.2 Å². The molecule has 1 aromatic rings. The minimum Gasteiger partial charge on any atom is -0.495 e. The zero-order valence-corrected chi connectivity index (χ0v) is 14.1. The van der Waals surface area contributed by atoms with Crippen molar-refractivity contribution < 1.29 is 17.9 Å². The summed E-state index contributed by atoms with van der Waals surface area (Å²) in [5.41, 5.74) is 1.11. The van der Waals surface area contributed by atoms with Crippen LogP contribution in [0.25, 0.3) is 0 Å². The summed E-state index contributed by atoms with van der Waals surface area (Å²) in [4.78, 5) is 12.3. The van der Waals surface area contributed by atoms with Gasteiger partial charge in [0.1, 0.15) is 5.75 Å². The molecule has 0 radical (unpaired) electrons. The normalized spacial score (nSPS) is 20.7. The molecule has 1 saturated carbocycles. The molecular weight excluding hydrogens is 316 g/mol. The van der Waals surface area contributed by atoms with Crippen LogP contribution < -0.4 is 14.4 Å². The van der Waals surface area contributed by atoms with Crippen molar-refractivity contribution in [3.05, 3.63) is 18.2 Å². The molecule has 1 aliphatic carbocycles. The van der Waals surface area contributed by atoms with Crippen molar-refractivity contribution in [3.63, 3.8) is 0 Å². The molecule has 23 heavy (non-hydrogen) atoms. The first-order chi connectivity index (χ1) is 11.0. The summed E-state index contributed by atoms with van der Waals surface area (Å²) in [5.74, 6) is 0.737. The number of methoxy groups -OCH3 is 1. The standard InChI is InChI=1S/C16H22N2O4S/c1-22-15-8-7-13(18-9-4-10-23(18,20)21)11-14(15)17-16(19)12-5-2-3-6-12/h7-8,11-12H,2-6,9-10H2,1H3,(H,17,19). The van der Waals surface area contributed by atoms with E-state index >= 15 is 0 Å². The summed E-state index contributed by atoms with van der Waals surface area (Å²) in [7, 11) is -1.71. The van der Waals surface area contributed by atoms with Crippen molar-refractivity contribution in [2.45, 2.75) is 32.1 Å². The van der Waals surface area contributed by atoms with Crippen molar-refractivity contribution in [1.82, 2.24) is 0 Å². The average Bonchev–Trinajstić information content (AvgIpc) is 3.16. The Morgan fingerprint density at radius 3 is 2.61 bits per heavy atom. The highest BCUT2D eigenvalue weighted by atomic mass is 32.2. The van der Waals surface area contributed by atoms with Crippen LogP contribution in [-0.2, 0) is 14.8 Å². The Morgan fingerprint density at radius 2 is 2.00 bits per heavy atom. The highest BCUT2D eigenvalue weighted by molar-refractivity contribution is 7.93. The van der Waals surface area contributed by atoms with Gasteiger partial charge < -0.3 is 10.1 Å². The molecule has 1 aliphatic heterocycles. The van der Waals surface area contributed by atoms with E-state index in [-0.39, 0.29) is 17.6 Å². The summed E-state index contributed by atoms with van der Waals surface area (Å²) >= 11 is 0. The first-order valence-electron chi connectivity index (χ1n) is 8.00. The van der Waals surface area contributed by atoms with Gasteiger partial charge in [0.2, 0.25) is 15.9 Å². The number of amides is 1. The third kappa shape index (κ3) is 3.29. The lowest BCUT2D eigenvalue weighted by molar-refractivity contribution is -0.119. The van der Waals surface area contributed by atoms with Crippen molar-refractivity contribution >= 4 is 27.3 Å². The molecule has 7 heteroatoms. The van der Waals surface area contributed by atoms with Crippen LogP contribution in [0.3, 0.4) is 0 Å². The molecule has 126 valence electrons. The molecule has 1 saturated heterocycles. The quantitative estimate of drug-likeness (QED) is 0.914. The maximum absolute atomic E-state index is 12.3. The summed E-state index contributed by atoms with van der Waals surface area (Å²) in [5, 5.41) is 2.91. The summed E-state index contributed by atoms with van der Waals surface area (Å²) in [6, 6.07) is 5.11. The number of hydrogen-bond donors (Lipinski definition) is 1. The Labute approximate surface area is 136 Å². The lowest BCUT2D eigenvalue weighted by Gasteiger charge is -2.20. The third-order valence-electron chi connectivity index (χ3n) is 4.55. The number of hydrogen-bond acceptors (Lipinski definition) is 4. The first kappa shape index (κ1) is 16.1. The van der Waals surface area contributed by atoms with Crippen LogP contribution in [0.5, 0.6) is 5.75 Å². The molecule has 0 atom stereocenters. The number of ether oxygens (including phenoxy) is 1. The molecule has 0 aromatic heterocycles. The Hall–Kier alpha value is -1.76. The molecule has 2 fully saturated rings. The summed E-state index contributed by atoms with van der Waals surface area (Å²) in [6.45, 7) is 0.477. The van der Waals surface area contributed by atoms with Gasteiger partial charge in [-0.05, 0) is 37.5 Å². The van der Waals surface area contributed by atoms with Crippen LogP contribution >= 0.6 is 0 Å². The van der Waals surface area contributed by atoms with E-state index in [1.807, 2.05) is 0 Å². The van der Waals surface area contributed by atoms with Gasteiger partial charge in [-0.25, -0.2) is 8.42 Å². The van der Waals surface area contributed by atoms with E-state index in [0.717, 1.165) is 25.7 Å². The molecule has 1 aromatic carbocycles. The van der Waals surface area contributed by atoms with Gasteiger partial charge in [-0.1, -0.05) is 12.8 Å². The minimum absolute atomic E-state index is 0.0118. The van der Waals surface area contributed by atoms with Crippen LogP contribution in [0.4, 0.5) is 11.4 Å². The number of anilines is 2. The Bertz CT molecular complexity index is 696. The Balaban J connectivity index is 1.86. The van der Waals surface area contributed by atoms with Crippen LogP contribution in [-0.4, -0.2) is 33.7 Å². The highest BCUT2D eigenvalue weighted by Crippen LogP contribution is 2.34. The van der Waals surface area contributed by atoms with Crippen molar-refractivity contribution in [3.8, 4) is 5.75 Å². The van der Waals surface area contributed by atoms with Crippen molar-refractivity contribution in [2.24, 2.45) is 5.92 Å². The van der Waals surface area contributed by atoms with E-state index in [0.29, 0.717) is 30.1 Å². The van der Waals surface area contributed by atoms with Gasteiger partial charge in [0, 0.05) is 12.5 Å². The Morgan fingerprint density at radius 1 is 1.26 bits per heavy atom. The van der Waals surface area contributed by atoms with Crippen LogP contribution in [0.2, 0.25) is 0 Å². The van der Waals surface area contributed by atoms with E-state index in [1.54, 1.807) is 18.2 Å². The molecule has 0 bridgehead atoms. The number of nitrogens with zero attached hydrogens (tertiary/aromatic N) is 1. The lowest BCUT2D eigenvalue weighted by atomic mass is 10.1. The zero-order chi connectivity index (χ0) is 16.4. The minimum atomic E-state index is -3.24. The van der Waals surface area contributed by atoms with E-state index in [4.69, 9.17) is 4.74 Å². The molecule has 0 spiro atoms. The number of nitrogens with one attached hydrogen (secondary N) is 1. The molecule has 6 nitrogen and oxygen atoms in total. The van der Waals surface area contributed by atoms with E-state index in [2.05, 4.69) is 5.32 Å². The maximum Gasteiger partial charge on any atom is 0.235 e. The smallest absolute Gasteiger partial charge is 0.235 e. The monoisotopic (exact) mass is 338 g/mol. The molecule has 3 rings (SSSR count). The fraction of sp³-hybridized carbons (Fsp3) is 0.562. The predicted molar refractivity (Wildman–Crippen MR) is 89.3 cm³/mol. The molecular formula is C16H22N2O4S. The second kappa shape index (κ2) is 6.39. The van der Waals surface area contributed by atoms with Gasteiger partial charge in [0.25, 0.3) is 0 Å². The number of carbonyl (C=O) groups excluding carboxylic acids is 1. The maximum atomic E-state index is 12.3. The largest absolute Gasteiger partial charge is 0.495 e. The molecule has 1 heterocycles. The molecule has 1 N–H and O–H groups in total. The number of rotatable bonds is 4. The third-order valence-corrected chi connectivity index (χ3v) is 6.42.